The molecule has 1 aromatic rings. The van der Waals surface area contributed by atoms with E-state index >= 15 is 0 Å². The van der Waals surface area contributed by atoms with Gasteiger partial charge in [0.15, 0.2) is 0 Å². The lowest BCUT2D eigenvalue weighted by Crippen LogP contribution is -2.75. The molecule has 0 bridgehead atoms. The van der Waals surface area contributed by atoms with Crippen LogP contribution < -0.4 is 0 Å². The zero-order chi connectivity index (χ0) is 21.3. The Bertz CT molecular complexity index is 749. The first-order valence-corrected chi connectivity index (χ1v) is 12.4. The molecule has 0 N–H and O–H groups in total. The highest BCUT2D eigenvalue weighted by molar-refractivity contribution is 5.91. The Morgan fingerprint density at radius 2 is 1.71 bits per heavy atom. The molecule has 1 unspecified atom stereocenters. The summed E-state index contributed by atoms with van der Waals surface area (Å²) in [6.45, 7) is 4.23. The van der Waals surface area contributed by atoms with Crippen molar-refractivity contribution in [2.75, 3.05) is 40.0 Å². The molecule has 4 fully saturated rings. The summed E-state index contributed by atoms with van der Waals surface area (Å²) in [6.07, 6.45) is 11.1. The van der Waals surface area contributed by atoms with E-state index in [0.29, 0.717) is 31.3 Å². The second-order valence-electron chi connectivity index (χ2n) is 10.1. The fraction of sp³-hybridized carbons (Fsp3) is 0.731. The first-order chi connectivity index (χ1) is 15.2. The first kappa shape index (κ1) is 21.4. The molecule has 0 aromatic heterocycles. The van der Waals surface area contributed by atoms with E-state index in [9.17, 15) is 4.79 Å². The van der Waals surface area contributed by atoms with Crippen LogP contribution in [0.25, 0.3) is 0 Å². The van der Waals surface area contributed by atoms with E-state index in [0.717, 1.165) is 45.3 Å². The number of piperidine rings is 1. The summed E-state index contributed by atoms with van der Waals surface area (Å²) in [6, 6.07) is 11.0. The Hall–Kier alpha value is -1.43. The van der Waals surface area contributed by atoms with Gasteiger partial charge < -0.3 is 14.4 Å². The maximum atomic E-state index is 13.4. The largest absolute Gasteiger partial charge is 0.382 e. The maximum Gasteiger partial charge on any atom is 0.233 e. The van der Waals surface area contributed by atoms with Gasteiger partial charge in [-0.15, -0.1) is 0 Å². The molecule has 2 heterocycles. The van der Waals surface area contributed by atoms with Crippen molar-refractivity contribution in [3.63, 3.8) is 0 Å². The van der Waals surface area contributed by atoms with Gasteiger partial charge >= 0.3 is 0 Å². The Balaban J connectivity index is 1.20. The van der Waals surface area contributed by atoms with Gasteiger partial charge in [-0.1, -0.05) is 49.6 Å². The predicted molar refractivity (Wildman–Crippen MR) is 121 cm³/mol. The molecule has 1 atom stereocenters. The van der Waals surface area contributed by atoms with Gasteiger partial charge in [0.1, 0.15) is 0 Å². The molecular formula is C26H38N2O3. The van der Waals surface area contributed by atoms with Crippen LogP contribution in [0, 0.1) is 0 Å². The van der Waals surface area contributed by atoms with Crippen molar-refractivity contribution >= 4 is 5.91 Å². The number of likely N-dealkylation sites (tertiary alicyclic amines) is 2. The average molecular weight is 427 g/mol. The van der Waals surface area contributed by atoms with E-state index in [2.05, 4.69) is 34.1 Å². The zero-order valence-electron chi connectivity index (χ0n) is 19.1. The standard InChI is InChI=1S/C26H38N2O3/c1-30-18-19-31-23-20-28(26(23)12-6-3-7-13-26)22-10-16-27(17-11-22)24(29)25(14-15-25)21-8-4-2-5-9-21/h2,4-5,8-9,22-23H,3,6-7,10-20H2,1H3. The fourth-order valence-electron chi connectivity index (χ4n) is 6.56. The van der Waals surface area contributed by atoms with Crippen molar-refractivity contribution in [2.24, 2.45) is 0 Å². The Labute approximate surface area is 187 Å². The molecule has 2 aliphatic carbocycles. The minimum absolute atomic E-state index is 0.226. The Morgan fingerprint density at radius 1 is 1.00 bits per heavy atom. The second-order valence-corrected chi connectivity index (χ2v) is 10.1. The minimum atomic E-state index is -0.226. The molecule has 0 radical (unpaired) electrons. The van der Waals surface area contributed by atoms with Gasteiger partial charge in [0.25, 0.3) is 0 Å². The van der Waals surface area contributed by atoms with Gasteiger partial charge in [-0.3, -0.25) is 9.69 Å². The van der Waals surface area contributed by atoms with Crippen molar-refractivity contribution in [1.82, 2.24) is 9.80 Å². The number of hydrogen-bond acceptors (Lipinski definition) is 4. The molecule has 2 saturated heterocycles. The van der Waals surface area contributed by atoms with Crippen LogP contribution in [0.3, 0.4) is 0 Å². The SMILES string of the molecule is COCCOC1CN(C2CCN(C(=O)C3(c4ccccc4)CC3)CC2)C12CCCCC2. The zero-order valence-corrected chi connectivity index (χ0v) is 19.1. The summed E-state index contributed by atoms with van der Waals surface area (Å²) in [7, 11) is 1.74. The van der Waals surface area contributed by atoms with Crippen molar-refractivity contribution < 1.29 is 14.3 Å². The van der Waals surface area contributed by atoms with Crippen molar-refractivity contribution in [3.05, 3.63) is 35.9 Å². The highest BCUT2D eigenvalue weighted by Gasteiger charge is 2.57. The summed E-state index contributed by atoms with van der Waals surface area (Å²) in [5.41, 5.74) is 1.22. The molecule has 170 valence electrons. The topological polar surface area (TPSA) is 42.0 Å². The van der Waals surface area contributed by atoms with Crippen LogP contribution in [-0.2, 0) is 19.7 Å². The number of carbonyl (C=O) groups is 1. The van der Waals surface area contributed by atoms with Gasteiger partial charge in [-0.05, 0) is 44.1 Å². The average Bonchev–Trinajstić information content (AvgIpc) is 3.64. The van der Waals surface area contributed by atoms with Crippen molar-refractivity contribution in [1.29, 1.82) is 0 Å². The molecule has 5 nitrogen and oxygen atoms in total. The number of amides is 1. The predicted octanol–water partition coefficient (Wildman–Crippen LogP) is 3.76. The van der Waals surface area contributed by atoms with E-state index in [4.69, 9.17) is 9.47 Å². The molecule has 1 aromatic carbocycles. The third-order valence-corrected chi connectivity index (χ3v) is 8.54. The lowest BCUT2D eigenvalue weighted by Gasteiger charge is -2.63. The molecule has 5 rings (SSSR count). The van der Waals surface area contributed by atoms with Crippen LogP contribution >= 0.6 is 0 Å². The van der Waals surface area contributed by atoms with E-state index in [1.54, 1.807) is 7.11 Å². The number of methoxy groups -OCH3 is 1. The smallest absolute Gasteiger partial charge is 0.233 e. The van der Waals surface area contributed by atoms with E-state index < -0.39 is 0 Å². The van der Waals surface area contributed by atoms with Crippen molar-refractivity contribution in [3.8, 4) is 0 Å². The molecule has 31 heavy (non-hydrogen) atoms. The second kappa shape index (κ2) is 8.84. The van der Waals surface area contributed by atoms with E-state index in [1.165, 1.54) is 37.7 Å². The number of nitrogens with zero attached hydrogens (tertiary/aromatic N) is 2. The highest BCUT2D eigenvalue weighted by atomic mass is 16.5. The van der Waals surface area contributed by atoms with Gasteiger partial charge in [0.05, 0.1) is 24.7 Å². The lowest BCUT2D eigenvalue weighted by molar-refractivity contribution is -0.204. The Kier molecular flexibility index (Phi) is 6.11. The van der Waals surface area contributed by atoms with Crippen molar-refractivity contribution in [2.45, 2.75) is 80.9 Å². The molecule has 2 saturated carbocycles. The van der Waals surface area contributed by atoms with Crippen LogP contribution in [0.1, 0.15) is 63.4 Å². The van der Waals surface area contributed by atoms with Gasteiger partial charge in [0, 0.05) is 38.3 Å². The lowest BCUT2D eigenvalue weighted by atomic mass is 9.69. The molecule has 5 heteroatoms. The fourth-order valence-corrected chi connectivity index (χ4v) is 6.56. The Morgan fingerprint density at radius 3 is 2.35 bits per heavy atom. The number of ether oxygens (including phenoxy) is 2. The van der Waals surface area contributed by atoms with Crippen LogP contribution in [0.2, 0.25) is 0 Å². The van der Waals surface area contributed by atoms with Crippen LogP contribution in [0.4, 0.5) is 0 Å². The molecule has 1 amide bonds. The number of rotatable bonds is 7. The number of carbonyl (C=O) groups excluding carboxylic acids is 1. The maximum absolute atomic E-state index is 13.4. The monoisotopic (exact) mass is 426 g/mol. The van der Waals surface area contributed by atoms with E-state index in [1.807, 2.05) is 6.07 Å². The molecule has 1 spiro atoms. The molecule has 2 aliphatic heterocycles. The third kappa shape index (κ3) is 3.83. The van der Waals surface area contributed by atoms with Crippen LogP contribution in [0.5, 0.6) is 0 Å². The quantitative estimate of drug-likeness (QED) is 0.623. The van der Waals surface area contributed by atoms with Crippen LogP contribution in [0.15, 0.2) is 30.3 Å². The first-order valence-electron chi connectivity index (χ1n) is 12.4. The van der Waals surface area contributed by atoms with E-state index in [-0.39, 0.29) is 11.0 Å². The van der Waals surface area contributed by atoms with Crippen LogP contribution in [-0.4, -0.2) is 73.3 Å². The number of benzene rings is 1. The third-order valence-electron chi connectivity index (χ3n) is 8.54. The summed E-state index contributed by atoms with van der Waals surface area (Å²) in [4.78, 5) is 18.4. The van der Waals surface area contributed by atoms with Gasteiger partial charge in [0.2, 0.25) is 5.91 Å². The normalized spacial score (nSPS) is 27.8. The van der Waals surface area contributed by atoms with Gasteiger partial charge in [-0.2, -0.15) is 0 Å². The highest BCUT2D eigenvalue weighted by Crippen LogP contribution is 2.51. The summed E-state index contributed by atoms with van der Waals surface area (Å²) in [5, 5.41) is 0. The van der Waals surface area contributed by atoms with Gasteiger partial charge in [-0.25, -0.2) is 0 Å². The summed E-state index contributed by atoms with van der Waals surface area (Å²) < 4.78 is 11.5. The number of hydrogen-bond donors (Lipinski definition) is 0. The summed E-state index contributed by atoms with van der Waals surface area (Å²) >= 11 is 0. The minimum Gasteiger partial charge on any atom is -0.382 e. The molecular weight excluding hydrogens is 388 g/mol. The summed E-state index contributed by atoms with van der Waals surface area (Å²) in [5.74, 6) is 0.369. The molecule has 4 aliphatic rings.